The Morgan fingerprint density at radius 2 is 1.82 bits per heavy atom. The van der Waals surface area contributed by atoms with E-state index >= 15 is 0 Å². The summed E-state index contributed by atoms with van der Waals surface area (Å²) in [4.78, 5) is 28.6. The quantitative estimate of drug-likeness (QED) is 0.906. The molecule has 1 saturated heterocycles. The van der Waals surface area contributed by atoms with E-state index in [0.717, 1.165) is 29.5 Å². The van der Waals surface area contributed by atoms with E-state index in [2.05, 4.69) is 5.32 Å². The molecule has 0 atom stereocenters. The smallest absolute Gasteiger partial charge is 0.259 e. The fourth-order valence-corrected chi connectivity index (χ4v) is 3.29. The third-order valence-corrected chi connectivity index (χ3v) is 4.41. The zero-order valence-electron chi connectivity index (χ0n) is 12.2. The molecule has 0 radical (unpaired) electrons. The number of hydrogen-bond donors (Lipinski definition) is 1. The van der Waals surface area contributed by atoms with Gasteiger partial charge in [0.2, 0.25) is 5.91 Å². The highest BCUT2D eigenvalue weighted by molar-refractivity contribution is 6.26. The Balaban J connectivity index is 1.65. The van der Waals surface area contributed by atoms with Gasteiger partial charge >= 0.3 is 0 Å². The molecule has 2 aromatic carbocycles. The number of nitrogens with one attached hydrogen (secondary N) is 1. The topological polar surface area (TPSA) is 52.7 Å². The van der Waals surface area contributed by atoms with E-state index < -0.39 is 0 Å². The summed E-state index contributed by atoms with van der Waals surface area (Å²) in [5, 5.41) is 5.23. The maximum Gasteiger partial charge on any atom is 0.259 e. The van der Waals surface area contributed by atoms with Crippen molar-refractivity contribution in [3.05, 3.63) is 42.0 Å². The molecule has 0 unspecified atom stereocenters. The number of hydrogen-bond acceptors (Lipinski definition) is 3. The van der Waals surface area contributed by atoms with Gasteiger partial charge in [-0.25, -0.2) is 0 Å². The highest BCUT2D eigenvalue weighted by Gasteiger charge is 2.32. The largest absolute Gasteiger partial charge is 0.339 e. The van der Waals surface area contributed by atoms with Crippen LogP contribution in [0, 0.1) is 0 Å². The van der Waals surface area contributed by atoms with Crippen LogP contribution < -0.4 is 10.2 Å². The summed E-state index contributed by atoms with van der Waals surface area (Å²) in [5.41, 5.74) is 1.54. The molecular weight excluding hydrogens is 278 g/mol. The lowest BCUT2D eigenvalue weighted by molar-refractivity contribution is -0.130. The van der Waals surface area contributed by atoms with Crippen LogP contribution in [0.4, 0.5) is 5.69 Å². The molecule has 2 aromatic rings. The first-order valence-electron chi connectivity index (χ1n) is 7.58. The molecule has 5 heteroatoms. The second-order valence-corrected chi connectivity index (χ2v) is 5.70. The van der Waals surface area contributed by atoms with E-state index in [9.17, 15) is 9.59 Å². The maximum atomic E-state index is 12.6. The summed E-state index contributed by atoms with van der Waals surface area (Å²) >= 11 is 0. The Kier molecular flexibility index (Phi) is 3.08. The minimum atomic E-state index is -0.0738. The first kappa shape index (κ1) is 13.3. The Morgan fingerprint density at radius 1 is 1.09 bits per heavy atom. The van der Waals surface area contributed by atoms with Gasteiger partial charge in [0.05, 0.1) is 5.69 Å². The minimum absolute atomic E-state index is 0.0136. The van der Waals surface area contributed by atoms with Gasteiger partial charge in [0.1, 0.15) is 6.54 Å². The van der Waals surface area contributed by atoms with Gasteiger partial charge in [-0.3, -0.25) is 14.5 Å². The molecule has 2 aliphatic heterocycles. The van der Waals surface area contributed by atoms with E-state index in [4.69, 9.17) is 0 Å². The SMILES string of the molecule is O=C(CN1C(=O)c2cccc3cccc1c23)N1CCNCC1. The molecule has 2 heterocycles. The van der Waals surface area contributed by atoms with Crippen LogP contribution in [0.15, 0.2) is 36.4 Å². The summed E-state index contributed by atoms with van der Waals surface area (Å²) in [7, 11) is 0. The Bertz CT molecular complexity index is 760. The van der Waals surface area contributed by atoms with E-state index in [1.807, 2.05) is 41.3 Å². The average molecular weight is 295 g/mol. The number of carbonyl (C=O) groups is 2. The van der Waals surface area contributed by atoms with Crippen molar-refractivity contribution in [2.45, 2.75) is 0 Å². The summed E-state index contributed by atoms with van der Waals surface area (Å²) in [6.07, 6.45) is 0. The predicted octanol–water partition coefficient (Wildman–Crippen LogP) is 1.23. The summed E-state index contributed by atoms with van der Waals surface area (Å²) in [6.45, 7) is 3.16. The Labute approximate surface area is 128 Å². The molecule has 1 fully saturated rings. The molecule has 1 N–H and O–H groups in total. The molecule has 0 bridgehead atoms. The van der Waals surface area contributed by atoms with Gasteiger partial charge in [0.15, 0.2) is 0 Å². The normalized spacial score (nSPS) is 17.4. The monoisotopic (exact) mass is 295 g/mol. The van der Waals surface area contributed by atoms with Crippen molar-refractivity contribution in [3.8, 4) is 0 Å². The third kappa shape index (κ3) is 1.97. The van der Waals surface area contributed by atoms with Crippen LogP contribution in [-0.2, 0) is 4.79 Å². The van der Waals surface area contributed by atoms with Gasteiger partial charge in [0.25, 0.3) is 5.91 Å². The van der Waals surface area contributed by atoms with Crippen LogP contribution in [0.2, 0.25) is 0 Å². The zero-order valence-corrected chi connectivity index (χ0v) is 12.2. The van der Waals surface area contributed by atoms with E-state index in [1.54, 1.807) is 4.90 Å². The molecule has 0 saturated carbocycles. The summed E-state index contributed by atoms with van der Waals surface area (Å²) in [5.74, 6) is -0.0602. The number of nitrogens with zero attached hydrogens (tertiary/aromatic N) is 2. The molecule has 22 heavy (non-hydrogen) atoms. The van der Waals surface area contributed by atoms with Crippen LogP contribution in [0.1, 0.15) is 10.4 Å². The van der Waals surface area contributed by atoms with Crippen LogP contribution in [0.3, 0.4) is 0 Å². The van der Waals surface area contributed by atoms with Crippen LogP contribution in [0.25, 0.3) is 10.8 Å². The number of carbonyl (C=O) groups excluding carboxylic acids is 2. The number of piperazine rings is 1. The molecular formula is C17H17N3O2. The predicted molar refractivity (Wildman–Crippen MR) is 85.1 cm³/mol. The molecule has 5 nitrogen and oxygen atoms in total. The third-order valence-electron chi connectivity index (χ3n) is 4.41. The molecule has 2 aliphatic rings. The van der Waals surface area contributed by atoms with Crippen molar-refractivity contribution in [2.24, 2.45) is 0 Å². The molecule has 4 rings (SSSR count). The second-order valence-electron chi connectivity index (χ2n) is 5.70. The van der Waals surface area contributed by atoms with Gasteiger partial charge in [-0.05, 0) is 17.5 Å². The van der Waals surface area contributed by atoms with E-state index in [1.165, 1.54) is 0 Å². The van der Waals surface area contributed by atoms with Crippen molar-refractivity contribution in [3.63, 3.8) is 0 Å². The second kappa shape index (κ2) is 5.10. The van der Waals surface area contributed by atoms with Crippen molar-refractivity contribution in [1.82, 2.24) is 10.2 Å². The van der Waals surface area contributed by atoms with Crippen LogP contribution >= 0.6 is 0 Å². The molecule has 0 spiro atoms. The van der Waals surface area contributed by atoms with Gasteiger partial charge < -0.3 is 10.2 Å². The Morgan fingerprint density at radius 3 is 2.59 bits per heavy atom. The molecule has 0 aliphatic carbocycles. The van der Waals surface area contributed by atoms with Crippen molar-refractivity contribution in [2.75, 3.05) is 37.6 Å². The first-order valence-corrected chi connectivity index (χ1v) is 7.58. The highest BCUT2D eigenvalue weighted by Crippen LogP contribution is 2.36. The lowest BCUT2D eigenvalue weighted by Gasteiger charge is -2.29. The van der Waals surface area contributed by atoms with E-state index in [-0.39, 0.29) is 18.4 Å². The van der Waals surface area contributed by atoms with Crippen molar-refractivity contribution >= 4 is 28.3 Å². The summed E-state index contributed by atoms with van der Waals surface area (Å²) in [6, 6.07) is 11.6. The van der Waals surface area contributed by atoms with Crippen molar-refractivity contribution < 1.29 is 9.59 Å². The van der Waals surface area contributed by atoms with Crippen LogP contribution in [-0.4, -0.2) is 49.4 Å². The number of rotatable bonds is 2. The first-order chi connectivity index (χ1) is 10.8. The van der Waals surface area contributed by atoms with Crippen LogP contribution in [0.5, 0.6) is 0 Å². The van der Waals surface area contributed by atoms with Gasteiger partial charge in [0, 0.05) is 37.1 Å². The maximum absolute atomic E-state index is 12.6. The van der Waals surface area contributed by atoms with Gasteiger partial charge in [-0.1, -0.05) is 24.3 Å². The fraction of sp³-hybridized carbons (Fsp3) is 0.294. The number of amides is 2. The molecule has 0 aromatic heterocycles. The lowest BCUT2D eigenvalue weighted by atomic mass is 10.1. The van der Waals surface area contributed by atoms with Gasteiger partial charge in [-0.15, -0.1) is 0 Å². The fourth-order valence-electron chi connectivity index (χ4n) is 3.29. The summed E-state index contributed by atoms with van der Waals surface area (Å²) < 4.78 is 0. The minimum Gasteiger partial charge on any atom is -0.339 e. The standard InChI is InChI=1S/C17H17N3O2/c21-15(19-9-7-18-8-10-19)11-20-14-6-2-4-12-3-1-5-13(16(12)14)17(20)22/h1-6,18H,7-11H2. The van der Waals surface area contributed by atoms with Gasteiger partial charge in [-0.2, -0.15) is 0 Å². The molecule has 112 valence electrons. The van der Waals surface area contributed by atoms with E-state index in [0.29, 0.717) is 18.7 Å². The highest BCUT2D eigenvalue weighted by atomic mass is 16.2. The number of benzene rings is 2. The molecule has 2 amide bonds. The zero-order chi connectivity index (χ0) is 15.1. The Hall–Kier alpha value is -2.40. The number of anilines is 1. The average Bonchev–Trinajstić information content (AvgIpc) is 2.84. The lowest BCUT2D eigenvalue weighted by Crippen LogP contribution is -2.50. The van der Waals surface area contributed by atoms with Crippen molar-refractivity contribution in [1.29, 1.82) is 0 Å².